The van der Waals surface area contributed by atoms with Gasteiger partial charge in [0.05, 0.1) is 6.04 Å². The maximum Gasteiger partial charge on any atom is 0.239 e. The molecule has 1 unspecified atom stereocenters. The molecule has 0 radical (unpaired) electrons. The number of benzene rings is 1. The van der Waals surface area contributed by atoms with Crippen LogP contribution >= 0.6 is 12.4 Å². The second-order valence-corrected chi connectivity index (χ2v) is 6.68. The van der Waals surface area contributed by atoms with Crippen LogP contribution in [-0.2, 0) is 4.79 Å². The van der Waals surface area contributed by atoms with Crippen molar-refractivity contribution in [2.24, 2.45) is 0 Å². The molecule has 0 aliphatic carbocycles. The molecule has 24 heavy (non-hydrogen) atoms. The summed E-state index contributed by atoms with van der Waals surface area (Å²) >= 11 is 0. The lowest BCUT2D eigenvalue weighted by molar-refractivity contribution is -0.134. The molecule has 2 aliphatic rings. The molecule has 1 amide bonds. The van der Waals surface area contributed by atoms with Gasteiger partial charge in [0.1, 0.15) is 5.82 Å². The molecule has 1 aromatic heterocycles. The van der Waals surface area contributed by atoms with Crippen LogP contribution < -0.4 is 5.32 Å². The molecule has 1 aromatic carbocycles. The molecule has 2 saturated heterocycles. The number of aromatic amines is 1. The Kier molecular flexibility index (Phi) is 5.11. The van der Waals surface area contributed by atoms with Crippen molar-refractivity contribution in [3.63, 3.8) is 0 Å². The molecule has 0 bridgehead atoms. The number of carbonyl (C=O) groups is 1. The molecule has 0 saturated carbocycles. The zero-order valence-electron chi connectivity index (χ0n) is 13.6. The molecule has 4 rings (SSSR count). The molecular formula is C18H23ClFN3O. The van der Waals surface area contributed by atoms with E-state index in [0.717, 1.165) is 56.2 Å². The van der Waals surface area contributed by atoms with E-state index in [9.17, 15) is 9.18 Å². The number of piperidine rings is 1. The first-order valence-corrected chi connectivity index (χ1v) is 8.51. The third-order valence-corrected chi connectivity index (χ3v) is 5.28. The summed E-state index contributed by atoms with van der Waals surface area (Å²) in [4.78, 5) is 17.6. The van der Waals surface area contributed by atoms with E-state index >= 15 is 0 Å². The van der Waals surface area contributed by atoms with Crippen molar-refractivity contribution in [2.45, 2.75) is 37.6 Å². The molecule has 3 heterocycles. The van der Waals surface area contributed by atoms with Crippen LogP contribution in [0.15, 0.2) is 24.4 Å². The molecular weight excluding hydrogens is 329 g/mol. The van der Waals surface area contributed by atoms with Gasteiger partial charge in [0.15, 0.2) is 0 Å². The van der Waals surface area contributed by atoms with Crippen LogP contribution in [0, 0.1) is 5.82 Å². The van der Waals surface area contributed by atoms with Crippen molar-refractivity contribution in [1.82, 2.24) is 15.2 Å². The summed E-state index contributed by atoms with van der Waals surface area (Å²) in [6.07, 6.45) is 6.02. The van der Waals surface area contributed by atoms with Gasteiger partial charge in [-0.15, -0.1) is 12.4 Å². The second kappa shape index (κ2) is 7.11. The van der Waals surface area contributed by atoms with E-state index in [4.69, 9.17) is 0 Å². The van der Waals surface area contributed by atoms with Crippen molar-refractivity contribution in [2.75, 3.05) is 19.6 Å². The Hall–Kier alpha value is -1.59. The summed E-state index contributed by atoms with van der Waals surface area (Å²) in [5.41, 5.74) is 2.11. The van der Waals surface area contributed by atoms with Gasteiger partial charge in [-0.3, -0.25) is 4.79 Å². The zero-order chi connectivity index (χ0) is 15.8. The van der Waals surface area contributed by atoms with Gasteiger partial charge in [-0.05, 0) is 61.9 Å². The molecule has 6 heteroatoms. The third kappa shape index (κ3) is 3.15. The molecule has 4 nitrogen and oxygen atoms in total. The van der Waals surface area contributed by atoms with Gasteiger partial charge < -0.3 is 15.2 Å². The minimum absolute atomic E-state index is 0. The van der Waals surface area contributed by atoms with Crippen molar-refractivity contribution >= 4 is 29.2 Å². The number of likely N-dealkylation sites (tertiary alicyclic amines) is 1. The van der Waals surface area contributed by atoms with E-state index in [1.54, 1.807) is 6.07 Å². The van der Waals surface area contributed by atoms with Crippen molar-refractivity contribution in [3.05, 3.63) is 35.8 Å². The third-order valence-electron chi connectivity index (χ3n) is 5.28. The molecule has 130 valence electrons. The van der Waals surface area contributed by atoms with Crippen LogP contribution in [0.4, 0.5) is 4.39 Å². The van der Waals surface area contributed by atoms with Gasteiger partial charge in [0.25, 0.3) is 0 Å². The largest absolute Gasteiger partial charge is 0.361 e. The van der Waals surface area contributed by atoms with Crippen LogP contribution in [0.2, 0.25) is 0 Å². The van der Waals surface area contributed by atoms with E-state index < -0.39 is 0 Å². The number of aromatic nitrogens is 1. The summed E-state index contributed by atoms with van der Waals surface area (Å²) in [6, 6.07) is 4.95. The zero-order valence-corrected chi connectivity index (χ0v) is 14.4. The van der Waals surface area contributed by atoms with Gasteiger partial charge in [0.2, 0.25) is 5.91 Å². The summed E-state index contributed by atoms with van der Waals surface area (Å²) in [5.74, 6) is 0.493. The molecule has 2 fully saturated rings. The Morgan fingerprint density at radius 1 is 1.21 bits per heavy atom. The summed E-state index contributed by atoms with van der Waals surface area (Å²) in [6.45, 7) is 2.59. The second-order valence-electron chi connectivity index (χ2n) is 6.68. The SMILES string of the molecule is Cl.O=C(C1CCCN1)N1CCC(c2c[nH]c3cc(F)ccc23)CC1. The van der Waals surface area contributed by atoms with Gasteiger partial charge in [-0.1, -0.05) is 0 Å². The predicted octanol–water partition coefficient (Wildman–Crippen LogP) is 3.19. The monoisotopic (exact) mass is 351 g/mol. The van der Waals surface area contributed by atoms with Crippen LogP contribution in [0.3, 0.4) is 0 Å². The van der Waals surface area contributed by atoms with Gasteiger partial charge >= 0.3 is 0 Å². The van der Waals surface area contributed by atoms with Crippen LogP contribution in [0.5, 0.6) is 0 Å². The number of H-pyrrole nitrogens is 1. The highest BCUT2D eigenvalue weighted by atomic mass is 35.5. The Balaban J connectivity index is 0.00000169. The number of amides is 1. The fraction of sp³-hybridized carbons (Fsp3) is 0.500. The number of rotatable bonds is 2. The van der Waals surface area contributed by atoms with Crippen LogP contribution in [-0.4, -0.2) is 41.5 Å². The fourth-order valence-corrected chi connectivity index (χ4v) is 3.99. The number of nitrogens with one attached hydrogen (secondary N) is 2. The van der Waals surface area contributed by atoms with Crippen molar-refractivity contribution < 1.29 is 9.18 Å². The van der Waals surface area contributed by atoms with E-state index in [1.165, 1.54) is 11.6 Å². The number of nitrogens with zero attached hydrogens (tertiary/aromatic N) is 1. The van der Waals surface area contributed by atoms with Crippen LogP contribution in [0.1, 0.15) is 37.2 Å². The highest BCUT2D eigenvalue weighted by Gasteiger charge is 2.30. The summed E-state index contributed by atoms with van der Waals surface area (Å²) in [5, 5.41) is 4.40. The number of hydrogen-bond acceptors (Lipinski definition) is 2. The first-order chi connectivity index (χ1) is 11.2. The molecule has 2 aromatic rings. The van der Waals surface area contributed by atoms with Crippen molar-refractivity contribution in [3.8, 4) is 0 Å². The fourth-order valence-electron chi connectivity index (χ4n) is 3.99. The van der Waals surface area contributed by atoms with E-state index in [-0.39, 0.29) is 30.2 Å². The highest BCUT2D eigenvalue weighted by molar-refractivity contribution is 5.85. The van der Waals surface area contributed by atoms with Gasteiger partial charge in [0, 0.05) is 30.2 Å². The van der Waals surface area contributed by atoms with Crippen LogP contribution in [0.25, 0.3) is 10.9 Å². The Morgan fingerprint density at radius 2 is 2.00 bits per heavy atom. The Morgan fingerprint density at radius 3 is 2.71 bits per heavy atom. The van der Waals surface area contributed by atoms with E-state index in [0.29, 0.717) is 5.92 Å². The number of hydrogen-bond donors (Lipinski definition) is 2. The number of carbonyl (C=O) groups excluding carboxylic acids is 1. The van der Waals surface area contributed by atoms with Gasteiger partial charge in [-0.2, -0.15) is 0 Å². The minimum atomic E-state index is -0.213. The predicted molar refractivity (Wildman–Crippen MR) is 95.1 cm³/mol. The average molecular weight is 352 g/mol. The number of fused-ring (bicyclic) bond motifs is 1. The summed E-state index contributed by atoms with van der Waals surface area (Å²) in [7, 11) is 0. The molecule has 2 N–H and O–H groups in total. The maximum atomic E-state index is 13.3. The Bertz CT molecular complexity index is 718. The lowest BCUT2D eigenvalue weighted by Crippen LogP contribution is -2.46. The van der Waals surface area contributed by atoms with Gasteiger partial charge in [-0.25, -0.2) is 4.39 Å². The van der Waals surface area contributed by atoms with E-state index in [2.05, 4.69) is 10.3 Å². The molecule has 2 aliphatic heterocycles. The van der Waals surface area contributed by atoms with E-state index in [1.807, 2.05) is 17.2 Å². The quantitative estimate of drug-likeness (QED) is 0.873. The highest BCUT2D eigenvalue weighted by Crippen LogP contribution is 2.33. The standard InChI is InChI=1S/C18H22FN3O.ClH/c19-13-3-4-14-15(11-21-17(14)10-13)12-5-8-22(9-6-12)18(23)16-2-1-7-20-16;/h3-4,10-12,16,20-21H,1-2,5-9H2;1H. The lowest BCUT2D eigenvalue weighted by Gasteiger charge is -2.33. The number of halogens is 2. The summed E-state index contributed by atoms with van der Waals surface area (Å²) < 4.78 is 13.3. The smallest absolute Gasteiger partial charge is 0.239 e. The normalized spacial score (nSPS) is 21.9. The first kappa shape index (κ1) is 17.2. The maximum absolute atomic E-state index is 13.3. The van der Waals surface area contributed by atoms with Crippen molar-refractivity contribution in [1.29, 1.82) is 0 Å². The topological polar surface area (TPSA) is 48.1 Å². The first-order valence-electron chi connectivity index (χ1n) is 8.51. The lowest BCUT2D eigenvalue weighted by atomic mass is 9.89. The molecule has 1 atom stereocenters. The molecule has 0 spiro atoms. The average Bonchev–Trinajstić information content (AvgIpc) is 3.23. The minimum Gasteiger partial charge on any atom is -0.361 e. The Labute approximate surface area is 147 Å².